The third-order valence-corrected chi connectivity index (χ3v) is 4.19. The van der Waals surface area contributed by atoms with Crippen molar-refractivity contribution in [1.29, 1.82) is 0 Å². The number of aliphatic hydroxyl groups is 6. The van der Waals surface area contributed by atoms with Crippen LogP contribution in [0.2, 0.25) is 0 Å². The number of aliphatic hydroxyl groups excluding tert-OH is 5. The van der Waals surface area contributed by atoms with Gasteiger partial charge in [-0.25, -0.2) is 0 Å². The van der Waals surface area contributed by atoms with E-state index in [1.54, 1.807) is 0 Å². The summed E-state index contributed by atoms with van der Waals surface area (Å²) in [5, 5.41) is 71.6. The molecule has 6 atom stereocenters. The highest BCUT2D eigenvalue weighted by atomic mass is 16.6. The Bertz CT molecular complexity index is 598. The van der Waals surface area contributed by atoms with Crippen molar-refractivity contribution in [3.8, 4) is 0 Å². The van der Waals surface area contributed by atoms with Crippen LogP contribution in [0.15, 0.2) is 24.4 Å². The molecule has 1 amide bonds. The van der Waals surface area contributed by atoms with Crippen molar-refractivity contribution in [2.75, 3.05) is 19.8 Å². The van der Waals surface area contributed by atoms with Gasteiger partial charge in [-0.05, 0) is 5.57 Å². The summed E-state index contributed by atoms with van der Waals surface area (Å²) in [6.45, 7) is 1.83. The first kappa shape index (κ1) is 24.1. The lowest BCUT2D eigenvalue weighted by atomic mass is 9.96. The zero-order chi connectivity index (χ0) is 21.5. The van der Waals surface area contributed by atoms with E-state index >= 15 is 0 Å². The highest BCUT2D eigenvalue weighted by Gasteiger charge is 2.48. The molecule has 0 aliphatic carbocycles. The first-order chi connectivity index (χ1) is 13.1. The minimum absolute atomic E-state index is 0.264. The van der Waals surface area contributed by atoms with E-state index in [9.17, 15) is 40.2 Å². The maximum absolute atomic E-state index is 11.8. The summed E-state index contributed by atoms with van der Waals surface area (Å²) in [6.07, 6.45) is -5.05. The van der Waals surface area contributed by atoms with Crippen LogP contribution < -0.4 is 10.6 Å². The Kier molecular flexibility index (Phi) is 9.13. The molecule has 1 heterocycles. The Morgan fingerprint density at radius 3 is 2.50 bits per heavy atom. The number of aliphatic carboxylic acids is 1. The zero-order valence-corrected chi connectivity index (χ0v) is 14.9. The number of hydrogen-bond acceptors (Lipinski definition) is 10. The van der Waals surface area contributed by atoms with Crippen LogP contribution in [0.4, 0.5) is 0 Å². The molecule has 1 fully saturated rings. The predicted octanol–water partition coefficient (Wildman–Crippen LogP) is -4.24. The molecule has 1 rings (SSSR count). The highest BCUT2D eigenvalue weighted by molar-refractivity contribution is 5.83. The second kappa shape index (κ2) is 10.6. The van der Waals surface area contributed by atoms with Gasteiger partial charge in [0.15, 0.2) is 0 Å². The summed E-state index contributed by atoms with van der Waals surface area (Å²) in [5.74, 6) is -4.78. The topological polar surface area (TPSA) is 209 Å². The Morgan fingerprint density at radius 2 is 1.96 bits per heavy atom. The van der Waals surface area contributed by atoms with Crippen LogP contribution in [0.25, 0.3) is 0 Å². The van der Waals surface area contributed by atoms with Crippen molar-refractivity contribution in [2.24, 2.45) is 0 Å². The molecule has 9 N–H and O–H groups in total. The van der Waals surface area contributed by atoms with Gasteiger partial charge in [-0.3, -0.25) is 14.9 Å². The maximum Gasteiger partial charge on any atom is 0.320 e. The zero-order valence-electron chi connectivity index (χ0n) is 14.9. The lowest BCUT2D eigenvalue weighted by Gasteiger charge is -2.42. The summed E-state index contributed by atoms with van der Waals surface area (Å²) >= 11 is 0. The Morgan fingerprint density at radius 1 is 1.32 bits per heavy atom. The molecule has 0 spiro atoms. The van der Waals surface area contributed by atoms with Gasteiger partial charge in [0, 0.05) is 12.6 Å². The molecule has 12 nitrogen and oxygen atoms in total. The number of nitrogens with one attached hydrogen (secondary N) is 2. The molecule has 12 heteroatoms. The SMILES string of the molecule is C=C/C(=C/NC(=O)[C@H](O)C[C@H](NC[C@@]1(O)OC[C@@H](O)[C@@H](O)[C@@H]1O)C(=O)O)CO. The highest BCUT2D eigenvalue weighted by Crippen LogP contribution is 2.23. The van der Waals surface area contributed by atoms with Crippen LogP contribution in [0.3, 0.4) is 0 Å². The number of carbonyl (C=O) groups is 2. The van der Waals surface area contributed by atoms with E-state index in [1.165, 1.54) is 6.08 Å². The van der Waals surface area contributed by atoms with E-state index in [2.05, 4.69) is 17.2 Å². The van der Waals surface area contributed by atoms with Gasteiger partial charge >= 0.3 is 5.97 Å². The van der Waals surface area contributed by atoms with Gasteiger partial charge in [-0.15, -0.1) is 0 Å². The van der Waals surface area contributed by atoms with Gasteiger partial charge in [0.25, 0.3) is 5.91 Å². The predicted molar refractivity (Wildman–Crippen MR) is 92.5 cm³/mol. The molecule has 1 aliphatic rings. The first-order valence-electron chi connectivity index (χ1n) is 8.33. The number of ether oxygens (including phenoxy) is 1. The maximum atomic E-state index is 11.8. The van der Waals surface area contributed by atoms with E-state index in [0.29, 0.717) is 0 Å². The van der Waals surface area contributed by atoms with Crippen LogP contribution in [-0.4, -0.2) is 104 Å². The minimum Gasteiger partial charge on any atom is -0.480 e. The van der Waals surface area contributed by atoms with Crippen molar-refractivity contribution < 1.29 is 50.1 Å². The summed E-state index contributed by atoms with van der Waals surface area (Å²) in [4.78, 5) is 23.2. The molecule has 0 bridgehead atoms. The summed E-state index contributed by atoms with van der Waals surface area (Å²) < 4.78 is 4.89. The number of carboxylic acids is 1. The molecule has 0 radical (unpaired) electrons. The fourth-order valence-corrected chi connectivity index (χ4v) is 2.35. The normalized spacial score (nSPS) is 30.4. The molecule has 1 aliphatic heterocycles. The third-order valence-electron chi connectivity index (χ3n) is 4.19. The molecule has 160 valence electrons. The number of amides is 1. The van der Waals surface area contributed by atoms with E-state index in [1.807, 2.05) is 0 Å². The van der Waals surface area contributed by atoms with Crippen LogP contribution in [0.1, 0.15) is 6.42 Å². The van der Waals surface area contributed by atoms with Crippen LogP contribution >= 0.6 is 0 Å². The van der Waals surface area contributed by atoms with E-state index in [-0.39, 0.29) is 5.57 Å². The molecule has 0 aromatic carbocycles. The Balaban J connectivity index is 2.68. The quantitative estimate of drug-likeness (QED) is 0.159. The van der Waals surface area contributed by atoms with Gasteiger partial charge in [-0.1, -0.05) is 12.7 Å². The summed E-state index contributed by atoms with van der Waals surface area (Å²) in [7, 11) is 0. The van der Waals surface area contributed by atoms with E-state index in [4.69, 9.17) is 9.84 Å². The lowest BCUT2D eigenvalue weighted by Crippen LogP contribution is -2.65. The summed E-state index contributed by atoms with van der Waals surface area (Å²) in [5.41, 5.74) is 0.264. The van der Waals surface area contributed by atoms with Gasteiger partial charge in [-0.2, -0.15) is 0 Å². The third kappa shape index (κ3) is 6.32. The number of carboxylic acid groups (broad SMARTS) is 1. The molecule has 28 heavy (non-hydrogen) atoms. The molecule has 0 aromatic heterocycles. The molecular formula is C16H26N2O10. The monoisotopic (exact) mass is 406 g/mol. The average molecular weight is 406 g/mol. The van der Waals surface area contributed by atoms with Crippen molar-refractivity contribution in [3.63, 3.8) is 0 Å². The largest absolute Gasteiger partial charge is 0.480 e. The fourth-order valence-electron chi connectivity index (χ4n) is 2.35. The number of hydrogen-bond donors (Lipinski definition) is 9. The van der Waals surface area contributed by atoms with E-state index < -0.39 is 74.3 Å². The number of rotatable bonds is 10. The van der Waals surface area contributed by atoms with Crippen LogP contribution in [-0.2, 0) is 14.3 Å². The smallest absolute Gasteiger partial charge is 0.320 e. The van der Waals surface area contributed by atoms with Gasteiger partial charge in [0.2, 0.25) is 5.79 Å². The Hall–Kier alpha value is -1.90. The average Bonchev–Trinajstić information content (AvgIpc) is 2.67. The van der Waals surface area contributed by atoms with Crippen LogP contribution in [0.5, 0.6) is 0 Å². The molecule has 0 aromatic rings. The molecule has 1 saturated heterocycles. The number of carbonyl (C=O) groups excluding carboxylic acids is 1. The van der Waals surface area contributed by atoms with E-state index in [0.717, 1.165) is 6.20 Å². The van der Waals surface area contributed by atoms with Gasteiger partial charge in [0.05, 0.1) is 19.8 Å². The lowest BCUT2D eigenvalue weighted by molar-refractivity contribution is -0.318. The molecule has 0 saturated carbocycles. The second-order valence-electron chi connectivity index (χ2n) is 6.27. The van der Waals surface area contributed by atoms with Crippen molar-refractivity contribution in [3.05, 3.63) is 24.4 Å². The van der Waals surface area contributed by atoms with Gasteiger partial charge in [0.1, 0.15) is 30.5 Å². The minimum atomic E-state index is -2.39. The molecular weight excluding hydrogens is 380 g/mol. The van der Waals surface area contributed by atoms with Crippen LogP contribution in [0, 0.1) is 0 Å². The second-order valence-corrected chi connectivity index (χ2v) is 6.27. The Labute approximate surface area is 160 Å². The standard InChI is InChI=1S/C16H26N2O10/c1-2-8(5-19)4-17-14(24)10(20)3-9(15(25)26)18-7-16(27)13(23)12(22)11(21)6-28-16/h2,4,9-13,18-23,27H,1,3,5-7H2,(H,17,24)(H,25,26)/b8-4-/t9-,10+,11+,12+,13-,16+/m0/s1. The van der Waals surface area contributed by atoms with Gasteiger partial charge < -0.3 is 45.8 Å². The van der Waals surface area contributed by atoms with Crippen molar-refractivity contribution in [1.82, 2.24) is 10.6 Å². The fraction of sp³-hybridized carbons (Fsp3) is 0.625. The first-order valence-corrected chi connectivity index (χ1v) is 8.33. The van der Waals surface area contributed by atoms with Crippen molar-refractivity contribution in [2.45, 2.75) is 42.7 Å². The van der Waals surface area contributed by atoms with Crippen molar-refractivity contribution >= 4 is 11.9 Å². The summed E-state index contributed by atoms with van der Waals surface area (Å²) in [6, 6.07) is -1.52. The molecule has 0 unspecified atom stereocenters.